The highest BCUT2D eigenvalue weighted by Gasteiger charge is 2.27. The molecule has 1 atom stereocenters. The Balaban J connectivity index is 1.67. The molecule has 0 spiro atoms. The number of carbonyl (C=O) groups is 1. The Kier molecular flexibility index (Phi) is 5.07. The molecule has 1 aromatic carbocycles. The number of anilines is 1. The van der Waals surface area contributed by atoms with Crippen molar-refractivity contribution >= 4 is 22.5 Å². The molecule has 0 bridgehead atoms. The van der Waals surface area contributed by atoms with Gasteiger partial charge in [-0.3, -0.25) is 9.59 Å². The van der Waals surface area contributed by atoms with Crippen LogP contribution in [0.4, 0.5) is 10.1 Å². The smallest absolute Gasteiger partial charge is 0.259 e. The third-order valence-corrected chi connectivity index (χ3v) is 5.78. The number of hydrogen-bond donors (Lipinski definition) is 1. The zero-order valence-corrected chi connectivity index (χ0v) is 16.2. The second kappa shape index (κ2) is 7.52. The van der Waals surface area contributed by atoms with Gasteiger partial charge in [0.25, 0.3) is 5.91 Å². The SMILES string of the molecule is C[C@@H]1CN(C(=O)c2c[nH]c3cc(N4CCOCC4)c(F)cc3c2=O)CCN1C. The van der Waals surface area contributed by atoms with Crippen molar-refractivity contribution in [1.82, 2.24) is 14.8 Å². The molecule has 7 nitrogen and oxygen atoms in total. The van der Waals surface area contributed by atoms with Gasteiger partial charge in [-0.2, -0.15) is 0 Å². The first-order valence-corrected chi connectivity index (χ1v) is 9.63. The summed E-state index contributed by atoms with van der Waals surface area (Å²) in [6.07, 6.45) is 1.46. The van der Waals surface area contributed by atoms with Gasteiger partial charge in [0.1, 0.15) is 11.4 Å². The fraction of sp³-hybridized carbons (Fsp3) is 0.500. The van der Waals surface area contributed by atoms with Gasteiger partial charge in [0.15, 0.2) is 0 Å². The number of amides is 1. The average molecular weight is 388 g/mol. The van der Waals surface area contributed by atoms with Gasteiger partial charge in [0, 0.05) is 50.3 Å². The van der Waals surface area contributed by atoms with E-state index >= 15 is 0 Å². The van der Waals surface area contributed by atoms with Gasteiger partial charge in [-0.25, -0.2) is 4.39 Å². The van der Waals surface area contributed by atoms with Gasteiger partial charge >= 0.3 is 0 Å². The van der Waals surface area contributed by atoms with Crippen molar-refractivity contribution < 1.29 is 13.9 Å². The van der Waals surface area contributed by atoms with E-state index in [2.05, 4.69) is 9.88 Å². The van der Waals surface area contributed by atoms with Crippen LogP contribution in [0.15, 0.2) is 23.1 Å². The lowest BCUT2D eigenvalue weighted by atomic mass is 10.1. The highest BCUT2D eigenvalue weighted by molar-refractivity contribution is 5.97. The maximum absolute atomic E-state index is 14.7. The molecule has 0 saturated carbocycles. The quantitative estimate of drug-likeness (QED) is 0.840. The van der Waals surface area contributed by atoms with Gasteiger partial charge in [0.05, 0.1) is 24.4 Å². The number of aromatic amines is 1. The van der Waals surface area contributed by atoms with E-state index in [9.17, 15) is 14.0 Å². The molecule has 4 rings (SSSR count). The van der Waals surface area contributed by atoms with Crippen molar-refractivity contribution in [2.24, 2.45) is 0 Å². The molecule has 2 aromatic rings. The highest BCUT2D eigenvalue weighted by atomic mass is 19.1. The molecule has 150 valence electrons. The lowest BCUT2D eigenvalue weighted by Crippen LogP contribution is -2.52. The van der Waals surface area contributed by atoms with Crippen molar-refractivity contribution in [3.63, 3.8) is 0 Å². The van der Waals surface area contributed by atoms with Gasteiger partial charge in [-0.15, -0.1) is 0 Å². The van der Waals surface area contributed by atoms with Crippen molar-refractivity contribution in [2.45, 2.75) is 13.0 Å². The first-order valence-electron chi connectivity index (χ1n) is 9.63. The highest BCUT2D eigenvalue weighted by Crippen LogP contribution is 2.25. The first-order chi connectivity index (χ1) is 13.5. The number of hydrogen-bond acceptors (Lipinski definition) is 5. The Morgan fingerprint density at radius 3 is 2.68 bits per heavy atom. The van der Waals surface area contributed by atoms with Crippen molar-refractivity contribution in [2.75, 3.05) is 57.9 Å². The minimum Gasteiger partial charge on any atom is -0.378 e. The summed E-state index contributed by atoms with van der Waals surface area (Å²) >= 11 is 0. The molecule has 0 aliphatic carbocycles. The number of pyridine rings is 1. The number of nitrogens with one attached hydrogen (secondary N) is 1. The van der Waals surface area contributed by atoms with E-state index in [4.69, 9.17) is 4.74 Å². The van der Waals surface area contributed by atoms with Crippen LogP contribution in [-0.2, 0) is 4.74 Å². The third-order valence-electron chi connectivity index (χ3n) is 5.78. The molecule has 2 fully saturated rings. The minimum absolute atomic E-state index is 0.0581. The number of piperazine rings is 1. The third kappa shape index (κ3) is 3.38. The topological polar surface area (TPSA) is 68.9 Å². The maximum Gasteiger partial charge on any atom is 0.259 e. The lowest BCUT2D eigenvalue weighted by Gasteiger charge is -2.37. The number of likely N-dealkylation sites (N-methyl/N-ethyl adjacent to an activating group) is 1. The second-order valence-electron chi connectivity index (χ2n) is 7.56. The van der Waals surface area contributed by atoms with Crippen LogP contribution < -0.4 is 10.3 Å². The van der Waals surface area contributed by atoms with Crippen LogP contribution >= 0.6 is 0 Å². The Hall–Kier alpha value is -2.45. The fourth-order valence-corrected chi connectivity index (χ4v) is 3.84. The van der Waals surface area contributed by atoms with Crippen molar-refractivity contribution in [1.29, 1.82) is 0 Å². The molecule has 2 saturated heterocycles. The Labute approximate surface area is 162 Å². The largest absolute Gasteiger partial charge is 0.378 e. The molecular weight excluding hydrogens is 363 g/mol. The molecule has 28 heavy (non-hydrogen) atoms. The number of ether oxygens (including phenoxy) is 1. The summed E-state index contributed by atoms with van der Waals surface area (Å²) in [5.41, 5.74) is 0.593. The van der Waals surface area contributed by atoms with Gasteiger partial charge in [0.2, 0.25) is 5.43 Å². The van der Waals surface area contributed by atoms with E-state index in [-0.39, 0.29) is 22.9 Å². The summed E-state index contributed by atoms with van der Waals surface area (Å²) < 4.78 is 20.0. The van der Waals surface area contributed by atoms with Gasteiger partial charge in [-0.1, -0.05) is 0 Å². The van der Waals surface area contributed by atoms with E-state index < -0.39 is 11.2 Å². The summed E-state index contributed by atoms with van der Waals surface area (Å²) in [6.45, 7) is 6.24. The van der Waals surface area contributed by atoms with Crippen LogP contribution in [0.1, 0.15) is 17.3 Å². The zero-order chi connectivity index (χ0) is 19.8. The second-order valence-corrected chi connectivity index (χ2v) is 7.56. The molecule has 2 aliphatic rings. The Bertz CT molecular complexity index is 954. The number of benzene rings is 1. The number of halogens is 1. The summed E-state index contributed by atoms with van der Waals surface area (Å²) in [4.78, 5) is 34.6. The Morgan fingerprint density at radius 1 is 1.21 bits per heavy atom. The van der Waals surface area contributed by atoms with E-state index in [1.54, 1.807) is 11.0 Å². The summed E-state index contributed by atoms with van der Waals surface area (Å²) in [7, 11) is 2.02. The van der Waals surface area contributed by atoms with Crippen molar-refractivity contribution in [3.8, 4) is 0 Å². The number of morpholine rings is 1. The predicted molar refractivity (Wildman–Crippen MR) is 106 cm³/mol. The molecule has 1 aromatic heterocycles. The molecule has 3 heterocycles. The number of carbonyl (C=O) groups excluding carboxylic acids is 1. The summed E-state index contributed by atoms with van der Waals surface area (Å²) in [5, 5.41) is 0.197. The van der Waals surface area contributed by atoms with Crippen LogP contribution in [0.5, 0.6) is 0 Å². The summed E-state index contributed by atoms with van der Waals surface area (Å²) in [5.74, 6) is -0.765. The Morgan fingerprint density at radius 2 is 1.96 bits per heavy atom. The van der Waals surface area contributed by atoms with Crippen LogP contribution in [0.2, 0.25) is 0 Å². The number of H-pyrrole nitrogens is 1. The van der Waals surface area contributed by atoms with E-state index in [1.807, 2.05) is 18.9 Å². The number of nitrogens with zero attached hydrogens (tertiary/aromatic N) is 3. The van der Waals surface area contributed by atoms with Gasteiger partial charge < -0.3 is 24.4 Å². The molecule has 1 amide bonds. The molecular formula is C20H25FN4O3. The number of fused-ring (bicyclic) bond motifs is 1. The monoisotopic (exact) mass is 388 g/mol. The van der Waals surface area contributed by atoms with Crippen LogP contribution in [-0.4, -0.2) is 79.7 Å². The average Bonchev–Trinajstić information content (AvgIpc) is 2.70. The molecule has 8 heteroatoms. The lowest BCUT2D eigenvalue weighted by molar-refractivity contribution is 0.0571. The van der Waals surface area contributed by atoms with Crippen LogP contribution in [0.3, 0.4) is 0 Å². The molecule has 0 unspecified atom stereocenters. The van der Waals surface area contributed by atoms with E-state index in [0.29, 0.717) is 50.6 Å². The van der Waals surface area contributed by atoms with Crippen molar-refractivity contribution in [3.05, 3.63) is 39.9 Å². The zero-order valence-electron chi connectivity index (χ0n) is 16.2. The number of rotatable bonds is 2. The summed E-state index contributed by atoms with van der Waals surface area (Å²) in [6, 6.07) is 3.11. The fourth-order valence-electron chi connectivity index (χ4n) is 3.84. The van der Waals surface area contributed by atoms with Crippen LogP contribution in [0.25, 0.3) is 10.9 Å². The van der Waals surface area contributed by atoms with Crippen LogP contribution in [0, 0.1) is 5.82 Å². The van der Waals surface area contributed by atoms with E-state index in [1.165, 1.54) is 12.3 Å². The standard InChI is InChI=1S/C20H25FN4O3/c1-13-12-25(4-3-23(13)2)20(27)15-11-22-17-10-18(24-5-7-28-8-6-24)16(21)9-14(17)19(15)26/h9-11,13H,3-8,12H2,1-2H3,(H,22,26)/t13-/m1/s1. The minimum atomic E-state index is -0.460. The molecule has 2 aliphatic heterocycles. The number of aromatic nitrogens is 1. The predicted octanol–water partition coefficient (Wildman–Crippen LogP) is 1.28. The first kappa shape index (κ1) is 18.9. The van der Waals surface area contributed by atoms with Gasteiger partial charge in [-0.05, 0) is 26.1 Å². The molecule has 1 N–H and O–H groups in total. The maximum atomic E-state index is 14.7. The normalized spacial score (nSPS) is 21.3. The molecule has 0 radical (unpaired) electrons. The van der Waals surface area contributed by atoms with E-state index in [0.717, 1.165) is 6.54 Å².